The minimum atomic E-state index is -2.24. The summed E-state index contributed by atoms with van der Waals surface area (Å²) in [5.41, 5.74) is 0. The van der Waals surface area contributed by atoms with Gasteiger partial charge in [-0.3, -0.25) is 4.90 Å². The molecular formula is C17H28NO2P. The second kappa shape index (κ2) is 7.58. The Hall–Kier alpha value is -0.630. The van der Waals surface area contributed by atoms with E-state index in [1.54, 1.807) is 0 Å². The van der Waals surface area contributed by atoms with Crippen LogP contribution in [0.3, 0.4) is 0 Å². The first-order valence-electron chi connectivity index (χ1n) is 8.07. The van der Waals surface area contributed by atoms with Crippen molar-refractivity contribution >= 4 is 12.4 Å². The van der Waals surface area contributed by atoms with Gasteiger partial charge in [-0.2, -0.15) is 0 Å². The minimum absolute atomic E-state index is 0.286. The fourth-order valence-corrected chi connectivity index (χ4v) is 6.92. The van der Waals surface area contributed by atoms with Gasteiger partial charge in [0.15, 0.2) is 0 Å². The van der Waals surface area contributed by atoms with Gasteiger partial charge in [-0.15, -0.1) is 0 Å². The van der Waals surface area contributed by atoms with Crippen LogP contribution in [0.1, 0.15) is 33.1 Å². The summed E-state index contributed by atoms with van der Waals surface area (Å²) in [5, 5.41) is 9.90. The molecule has 1 aromatic carbocycles. The fourth-order valence-electron chi connectivity index (χ4n) is 3.51. The Kier molecular flexibility index (Phi) is 6.04. The second-order valence-corrected chi connectivity index (χ2v) is 9.34. The van der Waals surface area contributed by atoms with Crippen LogP contribution in [0.15, 0.2) is 30.3 Å². The van der Waals surface area contributed by atoms with Crippen LogP contribution in [-0.4, -0.2) is 47.6 Å². The topological polar surface area (TPSA) is 40.5 Å². The Morgan fingerprint density at radius 2 is 1.71 bits per heavy atom. The molecule has 1 heterocycles. The quantitative estimate of drug-likeness (QED) is 0.649. The average molecular weight is 309 g/mol. The first-order chi connectivity index (χ1) is 10.1. The molecule has 0 radical (unpaired) electrons. The Labute approximate surface area is 128 Å². The molecule has 1 fully saturated rings. The Morgan fingerprint density at radius 3 is 2.29 bits per heavy atom. The molecule has 1 aliphatic heterocycles. The Balaban J connectivity index is 2.00. The highest BCUT2D eigenvalue weighted by Crippen LogP contribution is 2.50. The van der Waals surface area contributed by atoms with E-state index in [1.165, 1.54) is 0 Å². The average Bonchev–Trinajstić information content (AvgIpc) is 2.46. The van der Waals surface area contributed by atoms with E-state index in [1.807, 2.05) is 30.3 Å². The van der Waals surface area contributed by atoms with Crippen molar-refractivity contribution in [1.29, 1.82) is 0 Å². The van der Waals surface area contributed by atoms with E-state index in [-0.39, 0.29) is 6.61 Å². The normalized spacial score (nSPS) is 30.4. The van der Waals surface area contributed by atoms with Gasteiger partial charge in [0, 0.05) is 36.3 Å². The number of aliphatic hydroxyl groups is 1. The summed E-state index contributed by atoms with van der Waals surface area (Å²) < 4.78 is 13.3. The van der Waals surface area contributed by atoms with Crippen molar-refractivity contribution in [2.24, 2.45) is 0 Å². The summed E-state index contributed by atoms with van der Waals surface area (Å²) in [6.07, 6.45) is 4.66. The molecule has 0 spiro atoms. The molecule has 1 aliphatic rings. The lowest BCUT2D eigenvalue weighted by Crippen LogP contribution is -2.49. The molecule has 0 saturated carbocycles. The second-order valence-electron chi connectivity index (χ2n) is 6.31. The summed E-state index contributed by atoms with van der Waals surface area (Å²) in [4.78, 5) is 2.50. The number of hydrogen-bond acceptors (Lipinski definition) is 3. The zero-order chi connectivity index (χ0) is 15.3. The van der Waals surface area contributed by atoms with Gasteiger partial charge in [0.05, 0.1) is 0 Å². The van der Waals surface area contributed by atoms with Crippen molar-refractivity contribution in [1.82, 2.24) is 4.90 Å². The van der Waals surface area contributed by atoms with E-state index in [2.05, 4.69) is 18.7 Å². The van der Waals surface area contributed by atoms with Crippen molar-refractivity contribution in [3.05, 3.63) is 30.3 Å². The lowest BCUT2D eigenvalue weighted by Gasteiger charge is -2.43. The molecular weight excluding hydrogens is 281 g/mol. The van der Waals surface area contributed by atoms with E-state index < -0.39 is 7.14 Å². The van der Waals surface area contributed by atoms with Gasteiger partial charge in [-0.1, -0.05) is 30.3 Å². The molecule has 0 bridgehead atoms. The highest BCUT2D eigenvalue weighted by Gasteiger charge is 2.38. The van der Waals surface area contributed by atoms with Crippen molar-refractivity contribution in [3.8, 4) is 0 Å². The van der Waals surface area contributed by atoms with E-state index >= 15 is 0 Å². The molecule has 0 aromatic heterocycles. The number of rotatable bonds is 6. The van der Waals surface area contributed by atoms with Crippen molar-refractivity contribution in [2.75, 3.05) is 25.5 Å². The SMILES string of the molecule is CC1CP(=O)(c2ccccc2)CC(C)N1CCCCCO. The maximum Gasteiger partial charge on any atom is 0.118 e. The van der Waals surface area contributed by atoms with E-state index in [4.69, 9.17) is 5.11 Å². The predicted octanol–water partition coefficient (Wildman–Crippen LogP) is 2.93. The molecule has 4 heteroatoms. The zero-order valence-corrected chi connectivity index (χ0v) is 14.1. The first kappa shape index (κ1) is 16.7. The summed E-state index contributed by atoms with van der Waals surface area (Å²) in [6, 6.07) is 10.8. The first-order valence-corrected chi connectivity index (χ1v) is 10.1. The molecule has 3 nitrogen and oxygen atoms in total. The third-order valence-electron chi connectivity index (χ3n) is 4.55. The van der Waals surface area contributed by atoms with Crippen LogP contribution in [-0.2, 0) is 4.57 Å². The molecule has 1 aromatic rings. The van der Waals surface area contributed by atoms with Gasteiger partial charge < -0.3 is 9.67 Å². The van der Waals surface area contributed by atoms with Crippen molar-refractivity contribution in [3.63, 3.8) is 0 Å². The van der Waals surface area contributed by atoms with Gasteiger partial charge in [-0.05, 0) is 39.7 Å². The van der Waals surface area contributed by atoms with Crippen LogP contribution >= 0.6 is 7.14 Å². The van der Waals surface area contributed by atoms with Gasteiger partial charge in [-0.25, -0.2) is 0 Å². The van der Waals surface area contributed by atoms with E-state index in [0.29, 0.717) is 12.1 Å². The monoisotopic (exact) mass is 309 g/mol. The Morgan fingerprint density at radius 1 is 1.10 bits per heavy atom. The van der Waals surface area contributed by atoms with Gasteiger partial charge >= 0.3 is 0 Å². The molecule has 1 saturated heterocycles. The maximum atomic E-state index is 13.3. The lowest BCUT2D eigenvalue weighted by molar-refractivity contribution is 0.163. The molecule has 1 N–H and O–H groups in total. The number of benzene rings is 1. The lowest BCUT2D eigenvalue weighted by atomic mass is 10.1. The fraction of sp³-hybridized carbons (Fsp3) is 0.647. The van der Waals surface area contributed by atoms with Crippen molar-refractivity contribution < 1.29 is 9.67 Å². The zero-order valence-electron chi connectivity index (χ0n) is 13.2. The van der Waals surface area contributed by atoms with Crippen LogP contribution < -0.4 is 5.30 Å². The van der Waals surface area contributed by atoms with Crippen molar-refractivity contribution in [2.45, 2.75) is 45.2 Å². The molecule has 2 unspecified atom stereocenters. The number of hydrogen-bond donors (Lipinski definition) is 1. The number of unbranched alkanes of at least 4 members (excludes halogenated alkanes) is 2. The summed E-state index contributed by atoms with van der Waals surface area (Å²) in [7, 11) is -2.24. The third-order valence-corrected chi connectivity index (χ3v) is 8.03. The predicted molar refractivity (Wildman–Crippen MR) is 90.0 cm³/mol. The maximum absolute atomic E-state index is 13.3. The largest absolute Gasteiger partial charge is 0.396 e. The van der Waals surface area contributed by atoms with Gasteiger partial charge in [0.1, 0.15) is 7.14 Å². The molecule has 21 heavy (non-hydrogen) atoms. The molecule has 0 aliphatic carbocycles. The van der Waals surface area contributed by atoms with E-state index in [0.717, 1.165) is 43.4 Å². The van der Waals surface area contributed by atoms with Crippen LogP contribution in [0, 0.1) is 0 Å². The molecule has 118 valence electrons. The number of aliphatic hydroxyl groups excluding tert-OH is 1. The molecule has 2 atom stereocenters. The summed E-state index contributed by atoms with van der Waals surface area (Å²) >= 11 is 0. The van der Waals surface area contributed by atoms with E-state index in [9.17, 15) is 4.57 Å². The minimum Gasteiger partial charge on any atom is -0.396 e. The van der Waals surface area contributed by atoms with Crippen LogP contribution in [0.4, 0.5) is 0 Å². The Bertz CT molecular complexity index is 461. The smallest absolute Gasteiger partial charge is 0.118 e. The van der Waals surface area contributed by atoms with Crippen LogP contribution in [0.25, 0.3) is 0 Å². The molecule has 2 rings (SSSR count). The standard InChI is InChI=1S/C17H28NO2P/c1-15-13-21(20,17-9-5-3-6-10-17)14-16(2)18(15)11-7-4-8-12-19/h3,5-6,9-10,15-16,19H,4,7-8,11-14H2,1-2H3. The van der Waals surface area contributed by atoms with Gasteiger partial charge in [0.25, 0.3) is 0 Å². The number of nitrogens with zero attached hydrogens (tertiary/aromatic N) is 1. The highest BCUT2D eigenvalue weighted by molar-refractivity contribution is 7.71. The summed E-state index contributed by atoms with van der Waals surface area (Å²) in [5.74, 6) is 0. The summed E-state index contributed by atoms with van der Waals surface area (Å²) in [6.45, 7) is 5.75. The van der Waals surface area contributed by atoms with Crippen LogP contribution in [0.2, 0.25) is 0 Å². The van der Waals surface area contributed by atoms with Gasteiger partial charge in [0.2, 0.25) is 0 Å². The highest BCUT2D eigenvalue weighted by atomic mass is 31.2. The van der Waals surface area contributed by atoms with Crippen LogP contribution in [0.5, 0.6) is 0 Å². The molecule has 0 amide bonds. The third kappa shape index (κ3) is 4.18.